The molecule has 0 spiro atoms. The normalized spacial score (nSPS) is 16.1. The highest BCUT2D eigenvalue weighted by atomic mass is 19.1. The summed E-state index contributed by atoms with van der Waals surface area (Å²) < 4.78 is 13.0. The Morgan fingerprint density at radius 3 is 2.40 bits per heavy atom. The minimum Gasteiger partial charge on any atom is -0.312 e. The molecule has 1 nitrogen and oxygen atoms in total. The molecule has 104 valence electrons. The van der Waals surface area contributed by atoms with Gasteiger partial charge in [-0.2, -0.15) is 0 Å². The van der Waals surface area contributed by atoms with E-state index in [-0.39, 0.29) is 11.2 Å². The van der Waals surface area contributed by atoms with Crippen LogP contribution in [0.2, 0.25) is 0 Å². The molecule has 1 aliphatic rings. The van der Waals surface area contributed by atoms with Crippen molar-refractivity contribution in [3.8, 4) is 0 Å². The molecule has 0 unspecified atom stereocenters. The molecule has 0 bridgehead atoms. The fraction of sp³-hybridized carbons (Fsp3) is 0.333. The van der Waals surface area contributed by atoms with E-state index in [1.807, 2.05) is 12.1 Å². The number of hydrogen-bond acceptors (Lipinski definition) is 1. The summed E-state index contributed by atoms with van der Waals surface area (Å²) in [5.74, 6) is -0.155. The van der Waals surface area contributed by atoms with Gasteiger partial charge < -0.3 is 5.32 Å². The van der Waals surface area contributed by atoms with Crippen LogP contribution in [0.4, 0.5) is 4.39 Å². The summed E-state index contributed by atoms with van der Waals surface area (Å²) in [4.78, 5) is 0. The average molecular weight is 269 g/mol. The highest BCUT2D eigenvalue weighted by molar-refractivity contribution is 5.32. The predicted molar refractivity (Wildman–Crippen MR) is 80.2 cm³/mol. The van der Waals surface area contributed by atoms with Gasteiger partial charge in [0.1, 0.15) is 5.82 Å². The lowest BCUT2D eigenvalue weighted by Gasteiger charge is -2.17. The first-order valence-corrected chi connectivity index (χ1v) is 7.21. The number of hydrogen-bond donors (Lipinski definition) is 1. The molecule has 1 saturated carbocycles. The second-order valence-electron chi connectivity index (χ2n) is 5.82. The molecule has 0 atom stereocenters. The maximum Gasteiger partial charge on any atom is 0.123 e. The molecule has 2 aromatic rings. The molecule has 20 heavy (non-hydrogen) atoms. The first kappa shape index (κ1) is 13.3. The Labute approximate surface area is 119 Å². The maximum atomic E-state index is 13.0. The van der Waals surface area contributed by atoms with Crippen molar-refractivity contribution in [2.75, 3.05) is 6.54 Å². The van der Waals surface area contributed by atoms with Crippen LogP contribution in [-0.2, 0) is 12.0 Å². The van der Waals surface area contributed by atoms with Crippen LogP contribution in [0.15, 0.2) is 48.5 Å². The van der Waals surface area contributed by atoms with E-state index in [1.165, 1.54) is 29.5 Å². The molecule has 1 aliphatic carbocycles. The quantitative estimate of drug-likeness (QED) is 0.866. The first-order valence-electron chi connectivity index (χ1n) is 7.21. The van der Waals surface area contributed by atoms with Crippen LogP contribution < -0.4 is 5.32 Å². The minimum absolute atomic E-state index is 0.155. The molecule has 2 aromatic carbocycles. The second-order valence-corrected chi connectivity index (χ2v) is 5.82. The Morgan fingerprint density at radius 2 is 1.75 bits per heavy atom. The Kier molecular flexibility index (Phi) is 3.58. The molecule has 0 radical (unpaired) electrons. The molecule has 0 amide bonds. The molecule has 1 N–H and O–H groups in total. The summed E-state index contributed by atoms with van der Waals surface area (Å²) in [7, 11) is 0. The van der Waals surface area contributed by atoms with Crippen molar-refractivity contribution < 1.29 is 4.39 Å². The molecular weight excluding hydrogens is 249 g/mol. The average Bonchev–Trinajstić information content (AvgIpc) is 3.23. The van der Waals surface area contributed by atoms with Gasteiger partial charge in [-0.3, -0.25) is 0 Å². The van der Waals surface area contributed by atoms with Crippen molar-refractivity contribution in [1.29, 1.82) is 0 Å². The molecule has 3 rings (SSSR count). The standard InChI is InChI=1S/C18H20FN/c1-14-4-2-3-5-15(14)12-20-13-18(10-11-18)16-6-8-17(19)9-7-16/h2-9,20H,10-13H2,1H3. The lowest BCUT2D eigenvalue weighted by molar-refractivity contribution is 0.570. The van der Waals surface area contributed by atoms with E-state index in [2.05, 4.69) is 36.5 Å². The highest BCUT2D eigenvalue weighted by Gasteiger charge is 2.43. The fourth-order valence-electron chi connectivity index (χ4n) is 2.77. The van der Waals surface area contributed by atoms with E-state index in [0.29, 0.717) is 0 Å². The van der Waals surface area contributed by atoms with Crippen LogP contribution in [0, 0.1) is 12.7 Å². The van der Waals surface area contributed by atoms with Crippen LogP contribution in [0.5, 0.6) is 0 Å². The van der Waals surface area contributed by atoms with Gasteiger partial charge in [-0.05, 0) is 48.6 Å². The van der Waals surface area contributed by atoms with Gasteiger partial charge in [-0.1, -0.05) is 36.4 Å². The summed E-state index contributed by atoms with van der Waals surface area (Å²) in [6.45, 7) is 4.01. The van der Waals surface area contributed by atoms with Crippen LogP contribution in [-0.4, -0.2) is 6.54 Å². The first-order chi connectivity index (χ1) is 9.70. The van der Waals surface area contributed by atoms with Gasteiger partial charge in [0.25, 0.3) is 0 Å². The molecule has 0 aliphatic heterocycles. The lowest BCUT2D eigenvalue weighted by atomic mass is 9.96. The molecular formula is C18H20FN. The zero-order chi connectivity index (χ0) is 14.0. The van der Waals surface area contributed by atoms with Gasteiger partial charge in [0, 0.05) is 18.5 Å². The minimum atomic E-state index is -0.155. The number of aryl methyl sites for hydroxylation is 1. The Hall–Kier alpha value is -1.67. The van der Waals surface area contributed by atoms with Crippen molar-refractivity contribution in [1.82, 2.24) is 5.32 Å². The highest BCUT2D eigenvalue weighted by Crippen LogP contribution is 2.47. The zero-order valence-electron chi connectivity index (χ0n) is 11.8. The smallest absolute Gasteiger partial charge is 0.123 e. The summed E-state index contributed by atoms with van der Waals surface area (Å²) in [6.07, 6.45) is 2.39. The van der Waals surface area contributed by atoms with E-state index < -0.39 is 0 Å². The van der Waals surface area contributed by atoms with Crippen LogP contribution in [0.1, 0.15) is 29.5 Å². The third kappa shape index (κ3) is 2.75. The number of halogens is 1. The van der Waals surface area contributed by atoms with Crippen LogP contribution in [0.25, 0.3) is 0 Å². The molecule has 0 heterocycles. The van der Waals surface area contributed by atoms with Gasteiger partial charge in [-0.15, -0.1) is 0 Å². The number of rotatable bonds is 5. The topological polar surface area (TPSA) is 12.0 Å². The molecule has 2 heteroatoms. The van der Waals surface area contributed by atoms with Gasteiger partial charge in [-0.25, -0.2) is 4.39 Å². The SMILES string of the molecule is Cc1ccccc1CNCC1(c2ccc(F)cc2)CC1. The van der Waals surface area contributed by atoms with Crippen molar-refractivity contribution in [3.05, 3.63) is 71.0 Å². The van der Waals surface area contributed by atoms with Gasteiger partial charge in [0.2, 0.25) is 0 Å². The van der Waals surface area contributed by atoms with E-state index in [4.69, 9.17) is 0 Å². The largest absolute Gasteiger partial charge is 0.312 e. The monoisotopic (exact) mass is 269 g/mol. The van der Waals surface area contributed by atoms with E-state index in [0.717, 1.165) is 13.1 Å². The maximum absolute atomic E-state index is 13.0. The third-order valence-corrected chi connectivity index (χ3v) is 4.35. The Bertz CT molecular complexity index is 585. The summed E-state index contributed by atoms with van der Waals surface area (Å²) >= 11 is 0. The number of nitrogens with one attached hydrogen (secondary N) is 1. The van der Waals surface area contributed by atoms with E-state index in [9.17, 15) is 4.39 Å². The van der Waals surface area contributed by atoms with E-state index >= 15 is 0 Å². The second kappa shape index (κ2) is 5.37. The van der Waals surface area contributed by atoms with Gasteiger partial charge >= 0.3 is 0 Å². The van der Waals surface area contributed by atoms with E-state index in [1.54, 1.807) is 12.1 Å². The van der Waals surface area contributed by atoms with Crippen LogP contribution >= 0.6 is 0 Å². The summed E-state index contributed by atoms with van der Waals surface area (Å²) in [6, 6.07) is 15.4. The summed E-state index contributed by atoms with van der Waals surface area (Å²) in [5, 5.41) is 3.56. The predicted octanol–water partition coefficient (Wildman–Crippen LogP) is 3.96. The molecule has 0 aromatic heterocycles. The Morgan fingerprint density at radius 1 is 1.05 bits per heavy atom. The summed E-state index contributed by atoms with van der Waals surface area (Å²) in [5.41, 5.74) is 4.17. The van der Waals surface area contributed by atoms with Gasteiger partial charge in [0.15, 0.2) is 0 Å². The van der Waals surface area contributed by atoms with Crippen molar-refractivity contribution in [3.63, 3.8) is 0 Å². The van der Waals surface area contributed by atoms with Gasteiger partial charge in [0.05, 0.1) is 0 Å². The zero-order valence-corrected chi connectivity index (χ0v) is 11.8. The van der Waals surface area contributed by atoms with Crippen molar-refractivity contribution in [2.45, 2.75) is 31.7 Å². The fourth-order valence-corrected chi connectivity index (χ4v) is 2.77. The number of benzene rings is 2. The molecule has 0 saturated heterocycles. The lowest BCUT2D eigenvalue weighted by Crippen LogP contribution is -2.26. The van der Waals surface area contributed by atoms with Crippen molar-refractivity contribution >= 4 is 0 Å². The van der Waals surface area contributed by atoms with Crippen molar-refractivity contribution in [2.24, 2.45) is 0 Å². The van der Waals surface area contributed by atoms with Crippen LogP contribution in [0.3, 0.4) is 0 Å². The Balaban J connectivity index is 1.61. The molecule has 1 fully saturated rings. The third-order valence-electron chi connectivity index (χ3n) is 4.35.